The van der Waals surface area contributed by atoms with Gasteiger partial charge < -0.3 is 20.4 Å². The minimum atomic E-state index is -3.50. The van der Waals surface area contributed by atoms with Gasteiger partial charge in [-0.2, -0.15) is 5.10 Å². The van der Waals surface area contributed by atoms with Crippen molar-refractivity contribution < 1.29 is 28.2 Å². The number of benzene rings is 1. The van der Waals surface area contributed by atoms with Crippen molar-refractivity contribution in [3.63, 3.8) is 0 Å². The van der Waals surface area contributed by atoms with Crippen molar-refractivity contribution >= 4 is 38.3 Å². The Morgan fingerprint density at radius 3 is 2.57 bits per heavy atom. The maximum Gasteiger partial charge on any atom is 0.255 e. The molecule has 0 saturated carbocycles. The molecule has 0 aliphatic carbocycles. The highest BCUT2D eigenvalue weighted by Gasteiger charge is 2.39. The van der Waals surface area contributed by atoms with Gasteiger partial charge in [0.1, 0.15) is 0 Å². The molecule has 1 saturated heterocycles. The first-order valence-corrected chi connectivity index (χ1v) is 14.3. The summed E-state index contributed by atoms with van der Waals surface area (Å²) in [6, 6.07) is 8.10. The summed E-state index contributed by atoms with van der Waals surface area (Å²) in [7, 11) is -3.50. The molecule has 0 bridgehead atoms. The lowest BCUT2D eigenvalue weighted by Crippen LogP contribution is -2.51. The number of likely N-dealkylation sites (tertiary alicyclic amines) is 1. The van der Waals surface area contributed by atoms with Crippen LogP contribution in [0.4, 0.5) is 5.13 Å². The number of aromatic nitrogens is 3. The lowest BCUT2D eigenvalue weighted by atomic mass is 10.1. The predicted octanol–water partition coefficient (Wildman–Crippen LogP) is 0.963. The minimum Gasteiger partial charge on any atom is -0.380 e. The minimum absolute atomic E-state index is 0.170. The van der Waals surface area contributed by atoms with E-state index in [1.54, 1.807) is 35.4 Å². The zero-order chi connectivity index (χ0) is 26.7. The Labute approximate surface area is 218 Å². The van der Waals surface area contributed by atoms with Gasteiger partial charge in [-0.1, -0.05) is 12.1 Å². The number of carbonyl (C=O) groups excluding carboxylic acids is 2. The second-order valence-electron chi connectivity index (χ2n) is 8.80. The Kier molecular flexibility index (Phi) is 7.92. The summed E-state index contributed by atoms with van der Waals surface area (Å²) in [5.41, 5.74) is 2.08. The van der Waals surface area contributed by atoms with Gasteiger partial charge in [-0.3, -0.25) is 14.3 Å². The number of anilines is 1. The van der Waals surface area contributed by atoms with E-state index in [1.807, 2.05) is 24.3 Å². The molecule has 1 aliphatic rings. The Morgan fingerprint density at radius 2 is 1.92 bits per heavy atom. The summed E-state index contributed by atoms with van der Waals surface area (Å²) < 4.78 is 26.9. The van der Waals surface area contributed by atoms with Crippen molar-refractivity contribution in [2.24, 2.45) is 0 Å². The molecule has 1 aliphatic heterocycles. The molecule has 4 N–H and O–H groups in total. The standard InChI is InChI=1S/C23H28N6O6S2/c1-14(15-6-8-16(9-7-15)29-12-4-10-24-29)25-21(32)19(30)20(31)22(33)28-11-3-5-18(28)17-13-36-23(26-17)27-37(2,34)35/h4,6-10,12-14,18-20,30-31H,3,5,11H2,1-2H3,(H,25,32)(H,26,27)/t14-,18-,19-,20-/m1/s1. The third kappa shape index (κ3) is 6.33. The number of nitrogens with one attached hydrogen (secondary N) is 2. The molecule has 4 rings (SSSR count). The molecular formula is C23H28N6O6S2. The summed E-state index contributed by atoms with van der Waals surface area (Å²) in [5.74, 6) is -1.68. The Balaban J connectivity index is 1.37. The van der Waals surface area contributed by atoms with Gasteiger partial charge in [-0.15, -0.1) is 11.3 Å². The summed E-state index contributed by atoms with van der Waals surface area (Å²) >= 11 is 1.08. The number of hydrogen-bond acceptors (Lipinski definition) is 9. The van der Waals surface area contributed by atoms with Gasteiger partial charge in [-0.25, -0.2) is 18.1 Å². The molecule has 14 heteroatoms. The molecule has 3 heterocycles. The fourth-order valence-electron chi connectivity index (χ4n) is 4.15. The van der Waals surface area contributed by atoms with Crippen LogP contribution in [0.3, 0.4) is 0 Å². The number of nitrogens with zero attached hydrogens (tertiary/aromatic N) is 4. The maximum atomic E-state index is 13.0. The highest BCUT2D eigenvalue weighted by molar-refractivity contribution is 7.92. The van der Waals surface area contributed by atoms with Crippen LogP contribution >= 0.6 is 11.3 Å². The smallest absolute Gasteiger partial charge is 0.255 e. The van der Waals surface area contributed by atoms with Crippen LogP contribution in [0.2, 0.25) is 0 Å². The van der Waals surface area contributed by atoms with Crippen LogP contribution in [0, 0.1) is 0 Å². The van der Waals surface area contributed by atoms with Crippen LogP contribution in [0.5, 0.6) is 0 Å². The van der Waals surface area contributed by atoms with Gasteiger partial charge >= 0.3 is 0 Å². The predicted molar refractivity (Wildman–Crippen MR) is 136 cm³/mol. The van der Waals surface area contributed by atoms with Gasteiger partial charge in [0.2, 0.25) is 10.0 Å². The average Bonchev–Trinajstić information content (AvgIpc) is 3.63. The lowest BCUT2D eigenvalue weighted by molar-refractivity contribution is -0.154. The monoisotopic (exact) mass is 548 g/mol. The maximum absolute atomic E-state index is 13.0. The molecule has 2 amide bonds. The number of aliphatic hydroxyl groups is 2. The Hall–Kier alpha value is -3.33. The highest BCUT2D eigenvalue weighted by Crippen LogP contribution is 2.34. The van der Waals surface area contributed by atoms with E-state index >= 15 is 0 Å². The molecule has 198 valence electrons. The number of thiazole rings is 1. The van der Waals surface area contributed by atoms with Gasteiger partial charge in [0, 0.05) is 24.3 Å². The summed E-state index contributed by atoms with van der Waals surface area (Å²) in [6.45, 7) is 2.03. The van der Waals surface area contributed by atoms with E-state index in [0.29, 0.717) is 25.1 Å². The van der Waals surface area contributed by atoms with Crippen LogP contribution in [0.15, 0.2) is 48.1 Å². The second-order valence-corrected chi connectivity index (χ2v) is 11.4. The third-order valence-corrected chi connectivity index (χ3v) is 7.48. The number of rotatable bonds is 9. The fraction of sp³-hybridized carbons (Fsp3) is 0.391. The van der Waals surface area contributed by atoms with E-state index in [2.05, 4.69) is 20.1 Å². The van der Waals surface area contributed by atoms with E-state index in [1.165, 1.54) is 4.90 Å². The number of aliphatic hydroxyl groups excluding tert-OH is 2. The summed E-state index contributed by atoms with van der Waals surface area (Å²) in [6.07, 6.45) is 1.72. The first-order valence-electron chi connectivity index (χ1n) is 11.5. The molecule has 0 spiro atoms. The Bertz CT molecular complexity index is 1340. The van der Waals surface area contributed by atoms with Crippen molar-refractivity contribution in [3.05, 3.63) is 59.4 Å². The van der Waals surface area contributed by atoms with E-state index in [4.69, 9.17) is 0 Å². The Morgan fingerprint density at radius 1 is 1.19 bits per heavy atom. The number of amides is 2. The zero-order valence-electron chi connectivity index (χ0n) is 20.2. The van der Waals surface area contributed by atoms with Crippen molar-refractivity contribution in [2.75, 3.05) is 17.5 Å². The van der Waals surface area contributed by atoms with E-state index in [-0.39, 0.29) is 5.13 Å². The number of sulfonamides is 1. The summed E-state index contributed by atoms with van der Waals surface area (Å²) in [5, 5.41) is 29.6. The van der Waals surface area contributed by atoms with Crippen molar-refractivity contribution in [2.45, 2.75) is 44.1 Å². The van der Waals surface area contributed by atoms with Gasteiger partial charge in [0.25, 0.3) is 11.8 Å². The quantitative estimate of drug-likeness (QED) is 0.307. The largest absolute Gasteiger partial charge is 0.380 e. The SMILES string of the molecule is C[C@@H](NC(=O)[C@H](O)[C@@H](O)C(=O)N1CCC[C@@H]1c1csc(NS(C)(=O)=O)n1)c1ccc(-n2cccn2)cc1. The molecule has 2 aromatic heterocycles. The third-order valence-electron chi connectivity index (χ3n) is 6.01. The van der Waals surface area contributed by atoms with Gasteiger partial charge in [0.15, 0.2) is 17.3 Å². The van der Waals surface area contributed by atoms with Crippen molar-refractivity contribution in [3.8, 4) is 5.69 Å². The molecule has 4 atom stereocenters. The first-order chi connectivity index (χ1) is 17.5. The second kappa shape index (κ2) is 11.0. The molecule has 1 aromatic carbocycles. The normalized spacial score (nSPS) is 18.3. The first kappa shape index (κ1) is 26.7. The molecule has 1 fully saturated rings. The number of hydrogen-bond donors (Lipinski definition) is 4. The van der Waals surface area contributed by atoms with Crippen molar-refractivity contribution in [1.29, 1.82) is 0 Å². The molecule has 12 nitrogen and oxygen atoms in total. The zero-order valence-corrected chi connectivity index (χ0v) is 21.8. The van der Waals surface area contributed by atoms with Gasteiger partial charge in [0.05, 0.1) is 29.7 Å². The van der Waals surface area contributed by atoms with Crippen LogP contribution in [-0.4, -0.2) is 75.1 Å². The van der Waals surface area contributed by atoms with Crippen molar-refractivity contribution in [1.82, 2.24) is 25.0 Å². The molecule has 0 unspecified atom stereocenters. The fourth-order valence-corrected chi connectivity index (χ4v) is 5.76. The summed E-state index contributed by atoms with van der Waals surface area (Å²) in [4.78, 5) is 31.3. The molecule has 37 heavy (non-hydrogen) atoms. The molecular weight excluding hydrogens is 520 g/mol. The van der Waals surface area contributed by atoms with E-state index < -0.39 is 46.1 Å². The van der Waals surface area contributed by atoms with E-state index in [9.17, 15) is 28.2 Å². The average molecular weight is 549 g/mol. The topological polar surface area (TPSA) is 167 Å². The highest BCUT2D eigenvalue weighted by atomic mass is 32.2. The molecule has 0 radical (unpaired) electrons. The van der Waals surface area contributed by atoms with Crippen LogP contribution in [-0.2, 0) is 19.6 Å². The van der Waals surface area contributed by atoms with Crippen LogP contribution in [0.1, 0.15) is 43.1 Å². The lowest BCUT2D eigenvalue weighted by Gasteiger charge is -2.28. The van der Waals surface area contributed by atoms with Gasteiger partial charge in [-0.05, 0) is 43.5 Å². The van der Waals surface area contributed by atoms with Crippen LogP contribution in [0.25, 0.3) is 5.69 Å². The molecule has 3 aromatic rings. The number of carbonyl (C=O) groups is 2. The van der Waals surface area contributed by atoms with E-state index in [0.717, 1.165) is 28.8 Å². The van der Waals surface area contributed by atoms with Crippen LogP contribution < -0.4 is 10.0 Å².